The molecule has 0 aliphatic carbocycles. The second-order valence-electron chi connectivity index (χ2n) is 8.26. The molecular weight excluding hydrogens is 396 g/mol. The normalized spacial score (nSPS) is 21.4. The van der Waals surface area contributed by atoms with Gasteiger partial charge in [-0.2, -0.15) is 0 Å². The predicted molar refractivity (Wildman–Crippen MR) is 116 cm³/mol. The predicted octanol–water partition coefficient (Wildman–Crippen LogP) is 1.90. The molecule has 2 aromatic rings. The van der Waals surface area contributed by atoms with E-state index in [2.05, 4.69) is 12.1 Å². The van der Waals surface area contributed by atoms with Gasteiger partial charge in [0.2, 0.25) is 11.8 Å². The monoisotopic (exact) mass is 424 g/mol. The summed E-state index contributed by atoms with van der Waals surface area (Å²) >= 11 is 0. The van der Waals surface area contributed by atoms with Crippen molar-refractivity contribution in [3.05, 3.63) is 54.1 Å². The molecule has 2 aromatic carbocycles. The first-order valence-corrected chi connectivity index (χ1v) is 10.4. The molecule has 2 atom stereocenters. The maximum atomic E-state index is 12.7. The first-order valence-electron chi connectivity index (χ1n) is 10.4. The van der Waals surface area contributed by atoms with E-state index in [1.807, 2.05) is 36.4 Å². The van der Waals surface area contributed by atoms with E-state index >= 15 is 0 Å². The molecule has 2 saturated heterocycles. The van der Waals surface area contributed by atoms with E-state index in [9.17, 15) is 14.7 Å². The topological polar surface area (TPSA) is 79.3 Å². The molecule has 2 fully saturated rings. The molecular formula is C24H28N2O5. The van der Waals surface area contributed by atoms with Crippen LogP contribution in [0.3, 0.4) is 0 Å². The van der Waals surface area contributed by atoms with Gasteiger partial charge in [0.1, 0.15) is 12.4 Å². The molecule has 7 heteroatoms. The van der Waals surface area contributed by atoms with E-state index in [1.165, 1.54) is 14.0 Å². The second-order valence-corrected chi connectivity index (χ2v) is 8.26. The summed E-state index contributed by atoms with van der Waals surface area (Å²) < 4.78 is 10.4. The molecule has 0 saturated carbocycles. The van der Waals surface area contributed by atoms with E-state index in [0.717, 1.165) is 22.4 Å². The summed E-state index contributed by atoms with van der Waals surface area (Å²) in [5, 5.41) is 10.1. The van der Waals surface area contributed by atoms with Gasteiger partial charge in [0.05, 0.1) is 25.3 Å². The number of likely N-dealkylation sites (tertiary alicyclic amines) is 2. The summed E-state index contributed by atoms with van der Waals surface area (Å²) in [5.41, 5.74) is 2.67. The number of carbonyl (C=O) groups excluding carboxylic acids is 2. The van der Waals surface area contributed by atoms with E-state index in [4.69, 9.17) is 9.47 Å². The molecule has 2 aliphatic heterocycles. The first kappa shape index (κ1) is 21.3. The minimum atomic E-state index is -0.494. The minimum absolute atomic E-state index is 0.00987. The third-order valence-electron chi connectivity index (χ3n) is 6.55. The maximum Gasteiger partial charge on any atom is 0.249 e. The molecule has 0 unspecified atom stereocenters. The van der Waals surface area contributed by atoms with Crippen LogP contribution >= 0.6 is 0 Å². The van der Waals surface area contributed by atoms with Crippen molar-refractivity contribution in [1.29, 1.82) is 0 Å². The molecule has 2 amide bonds. The van der Waals surface area contributed by atoms with Gasteiger partial charge < -0.3 is 24.4 Å². The summed E-state index contributed by atoms with van der Waals surface area (Å²) in [6, 6.07) is 15.7. The molecule has 1 spiro atoms. The number of aliphatic hydroxyl groups is 1. The highest BCUT2D eigenvalue weighted by Gasteiger charge is 2.67. The SMILES string of the molecule is COCC(=O)N1[C@H](CO)[C@H](c2ccc(-c3cccc(OC)c3)cc2)C12CN(C(C)=O)C2. The van der Waals surface area contributed by atoms with Gasteiger partial charge in [0.25, 0.3) is 0 Å². The lowest BCUT2D eigenvalue weighted by atomic mass is 9.60. The van der Waals surface area contributed by atoms with Gasteiger partial charge in [-0.05, 0) is 28.8 Å². The van der Waals surface area contributed by atoms with Gasteiger partial charge in [0, 0.05) is 33.0 Å². The summed E-state index contributed by atoms with van der Waals surface area (Å²) in [7, 11) is 3.13. The lowest BCUT2D eigenvalue weighted by Gasteiger charge is -2.70. The fraction of sp³-hybridized carbons (Fsp3) is 0.417. The standard InChI is InChI=1S/C24H28N2O5/c1-16(28)25-14-24(15-25)23(21(12-27)26(24)22(29)13-30-2)18-9-7-17(8-10-18)19-5-4-6-20(11-19)31-3/h4-11,21,23,27H,12-15H2,1-3H3/t21-,23+/m1/s1. The highest BCUT2D eigenvalue weighted by molar-refractivity contribution is 5.83. The van der Waals surface area contributed by atoms with Crippen LogP contribution in [0.25, 0.3) is 11.1 Å². The van der Waals surface area contributed by atoms with Crippen LogP contribution in [0.15, 0.2) is 48.5 Å². The van der Waals surface area contributed by atoms with Gasteiger partial charge in [-0.15, -0.1) is 0 Å². The Balaban J connectivity index is 1.63. The Morgan fingerprint density at radius 2 is 1.81 bits per heavy atom. The van der Waals surface area contributed by atoms with Crippen molar-refractivity contribution in [2.75, 3.05) is 40.5 Å². The molecule has 164 valence electrons. The number of rotatable bonds is 6. The van der Waals surface area contributed by atoms with Crippen molar-refractivity contribution in [1.82, 2.24) is 9.80 Å². The van der Waals surface area contributed by atoms with Gasteiger partial charge in [-0.3, -0.25) is 9.59 Å². The first-order chi connectivity index (χ1) is 14.9. The van der Waals surface area contributed by atoms with Crippen LogP contribution < -0.4 is 4.74 Å². The highest BCUT2D eigenvalue weighted by atomic mass is 16.5. The van der Waals surface area contributed by atoms with Crippen LogP contribution in [0, 0.1) is 0 Å². The Hall–Kier alpha value is -2.90. The number of carbonyl (C=O) groups is 2. The van der Waals surface area contributed by atoms with Crippen molar-refractivity contribution in [3.8, 4) is 16.9 Å². The number of methoxy groups -OCH3 is 2. The van der Waals surface area contributed by atoms with E-state index in [0.29, 0.717) is 13.1 Å². The van der Waals surface area contributed by atoms with Crippen LogP contribution in [-0.2, 0) is 14.3 Å². The van der Waals surface area contributed by atoms with Crippen LogP contribution in [0.2, 0.25) is 0 Å². The molecule has 31 heavy (non-hydrogen) atoms. The Labute approximate surface area is 182 Å². The molecule has 7 nitrogen and oxygen atoms in total. The van der Waals surface area contributed by atoms with Gasteiger partial charge in [-0.25, -0.2) is 0 Å². The number of hydrogen-bond acceptors (Lipinski definition) is 5. The summed E-state index contributed by atoms with van der Waals surface area (Å²) in [6.45, 7) is 2.29. The van der Waals surface area contributed by atoms with Gasteiger partial charge in [0.15, 0.2) is 0 Å². The number of nitrogens with zero attached hydrogens (tertiary/aromatic N) is 2. The smallest absolute Gasteiger partial charge is 0.249 e. The van der Waals surface area contributed by atoms with E-state index in [1.54, 1.807) is 16.9 Å². The minimum Gasteiger partial charge on any atom is -0.497 e. The molecule has 2 heterocycles. The summed E-state index contributed by atoms with van der Waals surface area (Å²) in [5.74, 6) is 0.581. The third-order valence-corrected chi connectivity index (χ3v) is 6.55. The Kier molecular flexibility index (Phi) is 5.73. The van der Waals surface area contributed by atoms with E-state index < -0.39 is 5.54 Å². The Bertz CT molecular complexity index is 968. The van der Waals surface area contributed by atoms with Gasteiger partial charge in [-0.1, -0.05) is 36.4 Å². The molecule has 4 rings (SSSR count). The van der Waals surface area contributed by atoms with Crippen molar-refractivity contribution < 1.29 is 24.2 Å². The molecule has 2 aliphatic rings. The highest BCUT2D eigenvalue weighted by Crippen LogP contribution is 2.54. The summed E-state index contributed by atoms with van der Waals surface area (Å²) in [6.07, 6.45) is 0. The van der Waals surface area contributed by atoms with E-state index in [-0.39, 0.29) is 37.0 Å². The molecule has 1 N–H and O–H groups in total. The van der Waals surface area contributed by atoms with Crippen molar-refractivity contribution in [3.63, 3.8) is 0 Å². The number of ether oxygens (including phenoxy) is 2. The fourth-order valence-electron chi connectivity index (χ4n) is 5.12. The van der Waals surface area contributed by atoms with Gasteiger partial charge >= 0.3 is 0 Å². The molecule has 0 radical (unpaired) electrons. The zero-order valence-electron chi connectivity index (χ0n) is 18.1. The van der Waals surface area contributed by atoms with Crippen molar-refractivity contribution in [2.45, 2.75) is 24.4 Å². The average molecular weight is 424 g/mol. The van der Waals surface area contributed by atoms with Crippen molar-refractivity contribution >= 4 is 11.8 Å². The zero-order valence-corrected chi connectivity index (χ0v) is 18.1. The Morgan fingerprint density at radius 3 is 2.39 bits per heavy atom. The Morgan fingerprint density at radius 1 is 1.10 bits per heavy atom. The lowest BCUT2D eigenvalue weighted by Crippen LogP contribution is -2.86. The van der Waals surface area contributed by atoms with Crippen LogP contribution in [-0.4, -0.2) is 78.8 Å². The third kappa shape index (κ3) is 3.47. The van der Waals surface area contributed by atoms with Crippen LogP contribution in [0.5, 0.6) is 5.75 Å². The number of benzene rings is 2. The van der Waals surface area contributed by atoms with Crippen molar-refractivity contribution in [2.24, 2.45) is 0 Å². The number of aliphatic hydroxyl groups excluding tert-OH is 1. The quantitative estimate of drug-likeness (QED) is 0.766. The van der Waals surface area contributed by atoms with Crippen LogP contribution in [0.4, 0.5) is 0 Å². The number of hydrogen-bond donors (Lipinski definition) is 1. The van der Waals surface area contributed by atoms with Crippen LogP contribution in [0.1, 0.15) is 18.4 Å². The average Bonchev–Trinajstić information content (AvgIpc) is 2.73. The maximum absolute atomic E-state index is 12.7. The second kappa shape index (κ2) is 8.32. The summed E-state index contributed by atoms with van der Waals surface area (Å²) in [4.78, 5) is 28.0. The molecule has 0 aromatic heterocycles. The zero-order chi connectivity index (χ0) is 22.2. The lowest BCUT2D eigenvalue weighted by molar-refractivity contribution is -0.204. The largest absolute Gasteiger partial charge is 0.497 e. The fourth-order valence-corrected chi connectivity index (χ4v) is 5.12. The number of amides is 2. The molecule has 0 bridgehead atoms.